The summed E-state index contributed by atoms with van der Waals surface area (Å²) < 4.78 is 16.3. The van der Waals surface area contributed by atoms with Crippen LogP contribution in [-0.4, -0.2) is 47.4 Å². The summed E-state index contributed by atoms with van der Waals surface area (Å²) in [6.45, 7) is 0. The monoisotopic (exact) mass is 417 g/mol. The molecule has 5 rings (SSSR count). The van der Waals surface area contributed by atoms with Gasteiger partial charge in [0.1, 0.15) is 0 Å². The largest absolute Gasteiger partial charge is 0.493 e. The molecule has 0 spiro atoms. The lowest BCUT2D eigenvalue weighted by Crippen LogP contribution is -2.21. The molecule has 0 radical (unpaired) electrons. The summed E-state index contributed by atoms with van der Waals surface area (Å²) in [5, 5.41) is 7.94. The van der Waals surface area contributed by atoms with E-state index in [2.05, 4.69) is 15.2 Å². The number of fused-ring (bicyclic) bond motifs is 2. The van der Waals surface area contributed by atoms with E-state index in [9.17, 15) is 4.79 Å². The fourth-order valence-corrected chi connectivity index (χ4v) is 3.75. The number of hydrogen-bond acceptors (Lipinski definition) is 7. The van der Waals surface area contributed by atoms with Crippen LogP contribution in [-0.2, 0) is 11.2 Å². The van der Waals surface area contributed by atoms with E-state index in [1.54, 1.807) is 50.8 Å². The number of nitrogens with zero attached hydrogens (tertiary/aromatic N) is 4. The molecule has 1 aliphatic rings. The Morgan fingerprint density at radius 1 is 1.00 bits per heavy atom. The number of nitrogens with one attached hydrogen (secondary N) is 1. The summed E-state index contributed by atoms with van der Waals surface area (Å²) in [5.74, 6) is 1.94. The number of ether oxygens (including phenoxy) is 3. The molecule has 0 saturated heterocycles. The first-order chi connectivity index (χ1) is 15.1. The minimum Gasteiger partial charge on any atom is -0.493 e. The smallest absolute Gasteiger partial charge is 0.238 e. The number of H-pyrrole nitrogens is 1. The molecule has 2 aromatic carbocycles. The van der Waals surface area contributed by atoms with Crippen LogP contribution in [0.3, 0.4) is 0 Å². The zero-order chi connectivity index (χ0) is 21.5. The highest BCUT2D eigenvalue weighted by atomic mass is 16.5. The number of aromatic nitrogens is 4. The molecular weight excluding hydrogens is 398 g/mol. The second kappa shape index (κ2) is 7.28. The predicted molar refractivity (Wildman–Crippen MR) is 114 cm³/mol. The van der Waals surface area contributed by atoms with Crippen LogP contribution in [0.5, 0.6) is 17.2 Å². The Balaban J connectivity index is 1.61. The van der Waals surface area contributed by atoms with E-state index in [0.29, 0.717) is 40.1 Å². The normalized spacial score (nSPS) is 12.9. The molecular formula is C22H19N5O4. The van der Waals surface area contributed by atoms with E-state index >= 15 is 0 Å². The van der Waals surface area contributed by atoms with Crippen LogP contribution < -0.4 is 19.1 Å². The van der Waals surface area contributed by atoms with Gasteiger partial charge in [0.15, 0.2) is 17.3 Å². The average Bonchev–Trinajstić information content (AvgIpc) is 3.40. The van der Waals surface area contributed by atoms with Crippen LogP contribution in [0.4, 0.5) is 11.5 Å². The maximum Gasteiger partial charge on any atom is 0.238 e. The number of benzene rings is 2. The van der Waals surface area contributed by atoms with Crippen molar-refractivity contribution in [2.75, 3.05) is 26.2 Å². The molecule has 9 heteroatoms. The number of methoxy groups -OCH3 is 3. The van der Waals surface area contributed by atoms with Gasteiger partial charge in [-0.25, -0.2) is 4.98 Å². The second-order valence-electron chi connectivity index (χ2n) is 6.99. The van der Waals surface area contributed by atoms with Gasteiger partial charge in [0.05, 0.1) is 62.7 Å². The molecule has 0 aliphatic carbocycles. The molecule has 156 valence electrons. The fourth-order valence-electron chi connectivity index (χ4n) is 3.75. The van der Waals surface area contributed by atoms with Crippen molar-refractivity contribution in [1.82, 2.24) is 20.2 Å². The first-order valence-electron chi connectivity index (χ1n) is 9.55. The fraction of sp³-hybridized carbons (Fsp3) is 0.182. The molecule has 0 unspecified atom stereocenters. The van der Waals surface area contributed by atoms with Crippen molar-refractivity contribution in [3.05, 3.63) is 48.4 Å². The highest BCUT2D eigenvalue weighted by Crippen LogP contribution is 2.42. The summed E-state index contributed by atoms with van der Waals surface area (Å²) in [5.41, 5.74) is 3.49. The second-order valence-corrected chi connectivity index (χ2v) is 6.99. The molecule has 1 aliphatic heterocycles. The van der Waals surface area contributed by atoms with Gasteiger partial charge in [0.25, 0.3) is 0 Å². The Hall–Kier alpha value is -4.14. The zero-order valence-corrected chi connectivity index (χ0v) is 17.2. The van der Waals surface area contributed by atoms with E-state index in [-0.39, 0.29) is 12.3 Å². The van der Waals surface area contributed by atoms with Gasteiger partial charge in [-0.05, 0) is 30.3 Å². The van der Waals surface area contributed by atoms with Crippen LogP contribution in [0, 0.1) is 0 Å². The molecule has 0 atom stereocenters. The van der Waals surface area contributed by atoms with Gasteiger partial charge in [-0.3, -0.25) is 19.8 Å². The van der Waals surface area contributed by atoms with Gasteiger partial charge in [-0.1, -0.05) is 0 Å². The van der Waals surface area contributed by atoms with Gasteiger partial charge >= 0.3 is 0 Å². The van der Waals surface area contributed by atoms with Gasteiger partial charge in [0.2, 0.25) is 11.7 Å². The molecule has 9 nitrogen and oxygen atoms in total. The van der Waals surface area contributed by atoms with Crippen LogP contribution in [0.1, 0.15) is 5.69 Å². The standard InChI is InChI=1S/C22H19N5O4/c1-29-18-6-13(7-19(30-2)21(18)31-3)17-11-23-16-9-20(28)27(22(16)25-17)14-5-4-12-10-24-26-15(12)8-14/h4-8,10-11H,9H2,1-3H3,(H,24,26). The average molecular weight is 417 g/mol. The number of aromatic amines is 1. The summed E-state index contributed by atoms with van der Waals surface area (Å²) in [7, 11) is 4.66. The lowest BCUT2D eigenvalue weighted by atomic mass is 10.1. The van der Waals surface area contributed by atoms with E-state index in [1.807, 2.05) is 18.2 Å². The first kappa shape index (κ1) is 18.9. The van der Waals surface area contributed by atoms with Gasteiger partial charge in [0, 0.05) is 10.9 Å². The molecule has 0 saturated carbocycles. The Bertz CT molecular complexity index is 1290. The van der Waals surface area contributed by atoms with Crippen molar-refractivity contribution in [3.63, 3.8) is 0 Å². The molecule has 1 amide bonds. The number of amides is 1. The molecule has 4 aromatic rings. The zero-order valence-electron chi connectivity index (χ0n) is 17.2. The summed E-state index contributed by atoms with van der Waals surface area (Å²) in [6, 6.07) is 9.27. The Kier molecular flexibility index (Phi) is 4.43. The van der Waals surface area contributed by atoms with Gasteiger partial charge in [-0.15, -0.1) is 0 Å². The van der Waals surface area contributed by atoms with Crippen molar-refractivity contribution in [2.24, 2.45) is 0 Å². The van der Waals surface area contributed by atoms with Crippen molar-refractivity contribution < 1.29 is 19.0 Å². The lowest BCUT2D eigenvalue weighted by Gasteiger charge is -2.17. The van der Waals surface area contributed by atoms with E-state index in [1.165, 1.54) is 0 Å². The highest BCUT2D eigenvalue weighted by Gasteiger charge is 2.32. The van der Waals surface area contributed by atoms with Crippen LogP contribution in [0.25, 0.3) is 22.2 Å². The van der Waals surface area contributed by atoms with E-state index in [0.717, 1.165) is 16.5 Å². The molecule has 3 heterocycles. The number of rotatable bonds is 5. The molecule has 31 heavy (non-hydrogen) atoms. The topological polar surface area (TPSA) is 102 Å². The minimum absolute atomic E-state index is 0.0871. The highest BCUT2D eigenvalue weighted by molar-refractivity contribution is 6.06. The van der Waals surface area contributed by atoms with Crippen molar-refractivity contribution in [1.29, 1.82) is 0 Å². The predicted octanol–water partition coefficient (Wildman–Crippen LogP) is 3.27. The minimum atomic E-state index is -0.0871. The molecule has 2 aromatic heterocycles. The Morgan fingerprint density at radius 2 is 1.77 bits per heavy atom. The third kappa shape index (κ3) is 3.02. The molecule has 0 bridgehead atoms. The summed E-state index contributed by atoms with van der Waals surface area (Å²) in [6.07, 6.45) is 3.58. The van der Waals surface area contributed by atoms with Crippen LogP contribution in [0.15, 0.2) is 42.7 Å². The molecule has 1 N–H and O–H groups in total. The van der Waals surface area contributed by atoms with Gasteiger partial charge < -0.3 is 14.2 Å². The quantitative estimate of drug-likeness (QED) is 0.532. The molecule has 0 fully saturated rings. The Labute approximate surface area is 177 Å². The number of carbonyl (C=O) groups excluding carboxylic acids is 1. The van der Waals surface area contributed by atoms with Crippen LogP contribution in [0.2, 0.25) is 0 Å². The maximum atomic E-state index is 12.8. The number of anilines is 2. The SMILES string of the molecule is COc1cc(-c2cnc3c(n2)N(c2ccc4cn[nH]c4c2)C(=O)C3)cc(OC)c1OC. The lowest BCUT2D eigenvalue weighted by molar-refractivity contribution is -0.116. The third-order valence-corrected chi connectivity index (χ3v) is 5.25. The maximum absolute atomic E-state index is 12.8. The number of carbonyl (C=O) groups is 1. The van der Waals surface area contributed by atoms with E-state index < -0.39 is 0 Å². The van der Waals surface area contributed by atoms with Crippen molar-refractivity contribution >= 4 is 28.3 Å². The van der Waals surface area contributed by atoms with Crippen molar-refractivity contribution in [3.8, 4) is 28.5 Å². The first-order valence-corrected chi connectivity index (χ1v) is 9.55. The third-order valence-electron chi connectivity index (χ3n) is 5.25. The van der Waals surface area contributed by atoms with Crippen molar-refractivity contribution in [2.45, 2.75) is 6.42 Å². The number of hydrogen-bond donors (Lipinski definition) is 1. The van der Waals surface area contributed by atoms with Crippen LogP contribution >= 0.6 is 0 Å². The van der Waals surface area contributed by atoms with Gasteiger partial charge in [-0.2, -0.15) is 5.10 Å². The Morgan fingerprint density at radius 3 is 2.48 bits per heavy atom. The summed E-state index contributed by atoms with van der Waals surface area (Å²) in [4.78, 5) is 23.7. The summed E-state index contributed by atoms with van der Waals surface area (Å²) >= 11 is 0. The van der Waals surface area contributed by atoms with E-state index in [4.69, 9.17) is 19.2 Å².